The SMILES string of the molecule is CC(C)(C)c1ccc(-c2n[nH]c(=S)n2/N=C/c2cccc(O)c2)cc1. The lowest BCUT2D eigenvalue weighted by Crippen LogP contribution is -2.10. The molecule has 0 aliphatic carbocycles. The van der Waals surface area contributed by atoms with Crippen LogP contribution in [0.3, 0.4) is 0 Å². The largest absolute Gasteiger partial charge is 0.508 e. The first-order valence-electron chi connectivity index (χ1n) is 7.96. The smallest absolute Gasteiger partial charge is 0.216 e. The van der Waals surface area contributed by atoms with Crippen LogP contribution in [0.4, 0.5) is 0 Å². The number of hydrogen-bond donors (Lipinski definition) is 2. The third-order valence-electron chi connectivity index (χ3n) is 3.85. The van der Waals surface area contributed by atoms with E-state index in [4.69, 9.17) is 12.2 Å². The summed E-state index contributed by atoms with van der Waals surface area (Å²) >= 11 is 5.28. The van der Waals surface area contributed by atoms with Gasteiger partial charge in [-0.15, -0.1) is 0 Å². The van der Waals surface area contributed by atoms with E-state index in [1.54, 1.807) is 29.1 Å². The number of aromatic amines is 1. The average molecular weight is 352 g/mol. The molecule has 0 aliphatic rings. The van der Waals surface area contributed by atoms with E-state index in [0.29, 0.717) is 10.6 Å². The van der Waals surface area contributed by atoms with Crippen LogP contribution in [-0.4, -0.2) is 26.2 Å². The summed E-state index contributed by atoms with van der Waals surface area (Å²) < 4.78 is 1.98. The van der Waals surface area contributed by atoms with Crippen LogP contribution in [0.15, 0.2) is 53.6 Å². The standard InChI is InChI=1S/C19H20N4OS/c1-19(2,3)15-9-7-14(8-10-15)17-21-22-18(25)23(17)20-12-13-5-4-6-16(24)11-13/h4-12,24H,1-3H3,(H,22,25)/b20-12+. The predicted molar refractivity (Wildman–Crippen MR) is 103 cm³/mol. The summed E-state index contributed by atoms with van der Waals surface area (Å²) in [5.74, 6) is 0.833. The summed E-state index contributed by atoms with van der Waals surface area (Å²) in [5.41, 5.74) is 3.04. The van der Waals surface area contributed by atoms with Gasteiger partial charge in [-0.2, -0.15) is 14.9 Å². The number of benzene rings is 2. The number of nitrogens with one attached hydrogen (secondary N) is 1. The summed E-state index contributed by atoms with van der Waals surface area (Å²) in [6, 6.07) is 15.1. The van der Waals surface area contributed by atoms with Crippen molar-refractivity contribution in [3.63, 3.8) is 0 Å². The topological polar surface area (TPSA) is 66.2 Å². The Bertz CT molecular complexity index is 962. The molecule has 128 valence electrons. The molecule has 0 radical (unpaired) electrons. The van der Waals surface area contributed by atoms with E-state index >= 15 is 0 Å². The molecule has 0 saturated heterocycles. The molecule has 0 saturated carbocycles. The Labute approximate surface area is 151 Å². The number of hydrogen-bond acceptors (Lipinski definition) is 4. The fourth-order valence-electron chi connectivity index (χ4n) is 2.43. The Morgan fingerprint density at radius 3 is 2.52 bits per heavy atom. The summed E-state index contributed by atoms with van der Waals surface area (Å²) in [6.07, 6.45) is 1.64. The Kier molecular flexibility index (Phi) is 4.55. The lowest BCUT2D eigenvalue weighted by Gasteiger charge is -2.18. The van der Waals surface area contributed by atoms with Gasteiger partial charge < -0.3 is 5.11 Å². The number of H-pyrrole nitrogens is 1. The normalized spacial score (nSPS) is 12.0. The van der Waals surface area contributed by atoms with Crippen LogP contribution >= 0.6 is 12.2 Å². The maximum Gasteiger partial charge on any atom is 0.216 e. The maximum absolute atomic E-state index is 9.54. The summed E-state index contributed by atoms with van der Waals surface area (Å²) in [5, 5.41) is 21.0. The number of rotatable bonds is 3. The predicted octanol–water partition coefficient (Wildman–Crippen LogP) is 4.49. The maximum atomic E-state index is 9.54. The van der Waals surface area contributed by atoms with Gasteiger partial charge in [0, 0.05) is 5.56 Å². The van der Waals surface area contributed by atoms with Crippen molar-refractivity contribution in [1.82, 2.24) is 14.9 Å². The van der Waals surface area contributed by atoms with E-state index in [1.165, 1.54) is 5.56 Å². The van der Waals surface area contributed by atoms with E-state index in [9.17, 15) is 5.11 Å². The monoisotopic (exact) mass is 352 g/mol. The van der Waals surface area contributed by atoms with Crippen LogP contribution < -0.4 is 0 Å². The third kappa shape index (κ3) is 3.85. The third-order valence-corrected chi connectivity index (χ3v) is 4.12. The molecule has 3 rings (SSSR count). The Balaban J connectivity index is 1.96. The van der Waals surface area contributed by atoms with Gasteiger partial charge >= 0.3 is 0 Å². The van der Waals surface area contributed by atoms with Gasteiger partial charge in [-0.05, 0) is 40.9 Å². The highest BCUT2D eigenvalue weighted by molar-refractivity contribution is 7.71. The minimum atomic E-state index is 0.0940. The highest BCUT2D eigenvalue weighted by Crippen LogP contribution is 2.25. The van der Waals surface area contributed by atoms with Crippen LogP contribution in [0.25, 0.3) is 11.4 Å². The fourth-order valence-corrected chi connectivity index (χ4v) is 2.61. The van der Waals surface area contributed by atoms with E-state index in [1.807, 2.05) is 18.2 Å². The first-order chi connectivity index (χ1) is 11.8. The molecule has 2 N–H and O–H groups in total. The summed E-state index contributed by atoms with van der Waals surface area (Å²) in [7, 11) is 0. The van der Waals surface area contributed by atoms with Crippen LogP contribution in [0, 0.1) is 4.77 Å². The minimum absolute atomic E-state index is 0.0940. The molecular formula is C19H20N4OS. The van der Waals surface area contributed by atoms with Gasteiger partial charge in [0.2, 0.25) is 4.77 Å². The number of phenols is 1. The molecule has 0 amide bonds. The van der Waals surface area contributed by atoms with Gasteiger partial charge in [0.25, 0.3) is 0 Å². The lowest BCUT2D eigenvalue weighted by molar-refractivity contribution is 0.475. The first kappa shape index (κ1) is 17.1. The van der Waals surface area contributed by atoms with Crippen LogP contribution in [0.2, 0.25) is 0 Å². The second-order valence-electron chi connectivity index (χ2n) is 6.83. The van der Waals surface area contributed by atoms with Gasteiger partial charge in [-0.1, -0.05) is 57.2 Å². The summed E-state index contributed by atoms with van der Waals surface area (Å²) in [4.78, 5) is 0. The molecule has 1 aromatic heterocycles. The van der Waals surface area contributed by atoms with E-state index in [2.05, 4.69) is 48.2 Å². The molecule has 0 bridgehead atoms. The highest BCUT2D eigenvalue weighted by atomic mass is 32.1. The second-order valence-corrected chi connectivity index (χ2v) is 7.22. The number of nitrogens with zero attached hydrogens (tertiary/aromatic N) is 3. The molecule has 1 heterocycles. The van der Waals surface area contributed by atoms with Gasteiger partial charge in [-0.25, -0.2) is 5.10 Å². The molecule has 3 aromatic rings. The Hall–Kier alpha value is -2.73. The number of phenolic OH excluding ortho intramolecular Hbond substituents is 1. The second kappa shape index (κ2) is 6.64. The van der Waals surface area contributed by atoms with Crippen LogP contribution in [-0.2, 0) is 5.41 Å². The Morgan fingerprint density at radius 2 is 1.88 bits per heavy atom. The summed E-state index contributed by atoms with van der Waals surface area (Å²) in [6.45, 7) is 6.53. The van der Waals surface area contributed by atoms with Crippen molar-refractivity contribution in [2.24, 2.45) is 5.10 Å². The van der Waals surface area contributed by atoms with Crippen molar-refractivity contribution in [3.05, 3.63) is 64.4 Å². The first-order valence-corrected chi connectivity index (χ1v) is 8.37. The van der Waals surface area contributed by atoms with Crippen LogP contribution in [0.5, 0.6) is 5.75 Å². The van der Waals surface area contributed by atoms with Gasteiger partial charge in [0.05, 0.1) is 6.21 Å². The molecule has 0 fully saturated rings. The van der Waals surface area contributed by atoms with E-state index < -0.39 is 0 Å². The molecule has 0 unspecified atom stereocenters. The van der Waals surface area contributed by atoms with E-state index in [-0.39, 0.29) is 11.2 Å². The van der Waals surface area contributed by atoms with Crippen molar-refractivity contribution in [2.45, 2.75) is 26.2 Å². The molecule has 5 nitrogen and oxygen atoms in total. The van der Waals surface area contributed by atoms with Crippen molar-refractivity contribution >= 4 is 18.4 Å². The Morgan fingerprint density at radius 1 is 1.16 bits per heavy atom. The molecule has 0 spiro atoms. The van der Waals surface area contributed by atoms with Crippen molar-refractivity contribution in [1.29, 1.82) is 0 Å². The van der Waals surface area contributed by atoms with E-state index in [0.717, 1.165) is 11.1 Å². The molecule has 25 heavy (non-hydrogen) atoms. The van der Waals surface area contributed by atoms with Gasteiger partial charge in [-0.3, -0.25) is 0 Å². The molecular weight excluding hydrogens is 332 g/mol. The molecule has 6 heteroatoms. The van der Waals surface area contributed by atoms with Crippen molar-refractivity contribution < 1.29 is 5.11 Å². The zero-order chi connectivity index (χ0) is 18.0. The number of aromatic nitrogens is 3. The lowest BCUT2D eigenvalue weighted by atomic mass is 9.87. The molecule has 0 atom stereocenters. The zero-order valence-electron chi connectivity index (χ0n) is 14.4. The van der Waals surface area contributed by atoms with Crippen molar-refractivity contribution in [3.8, 4) is 17.1 Å². The van der Waals surface area contributed by atoms with Gasteiger partial charge in [0.15, 0.2) is 5.82 Å². The zero-order valence-corrected chi connectivity index (χ0v) is 15.2. The fraction of sp³-hybridized carbons (Fsp3) is 0.211. The quantitative estimate of drug-likeness (QED) is 0.539. The number of aromatic hydroxyl groups is 1. The van der Waals surface area contributed by atoms with Crippen LogP contribution in [0.1, 0.15) is 31.9 Å². The van der Waals surface area contributed by atoms with Crippen molar-refractivity contribution in [2.75, 3.05) is 0 Å². The molecule has 0 aliphatic heterocycles. The molecule has 2 aromatic carbocycles. The average Bonchev–Trinajstić information content (AvgIpc) is 2.93. The minimum Gasteiger partial charge on any atom is -0.508 e. The van der Waals surface area contributed by atoms with Gasteiger partial charge in [0.1, 0.15) is 5.75 Å². The highest BCUT2D eigenvalue weighted by Gasteiger charge is 2.14.